The Morgan fingerprint density at radius 3 is 3.00 bits per heavy atom. The Morgan fingerprint density at radius 1 is 1.30 bits per heavy atom. The van der Waals surface area contributed by atoms with E-state index in [0.717, 1.165) is 32.6 Å². The molecule has 0 aromatic carbocycles. The van der Waals surface area contributed by atoms with Gasteiger partial charge in [0.15, 0.2) is 0 Å². The summed E-state index contributed by atoms with van der Waals surface area (Å²) in [7, 11) is 0. The Morgan fingerprint density at radius 2 is 2.22 bits per heavy atom. The van der Waals surface area contributed by atoms with Crippen molar-refractivity contribution >= 4 is 17.5 Å². The summed E-state index contributed by atoms with van der Waals surface area (Å²) in [5, 5.41) is 0.409. The van der Waals surface area contributed by atoms with Gasteiger partial charge < -0.3 is 14.4 Å². The maximum atomic E-state index is 12.6. The standard InChI is InChI=1S/C16H22ClN3O3/c17-15-10-18-3-2-14(15)16(21)20-5-1-4-19(6-7-20)11-13-12-22-8-9-23-13/h2-3,10,13H,1,4-9,11-12H2. The van der Waals surface area contributed by atoms with E-state index in [2.05, 4.69) is 9.88 Å². The van der Waals surface area contributed by atoms with Gasteiger partial charge in [-0.15, -0.1) is 0 Å². The molecule has 2 aliphatic rings. The summed E-state index contributed by atoms with van der Waals surface area (Å²) in [5.74, 6) is -0.0171. The minimum Gasteiger partial charge on any atom is -0.376 e. The Labute approximate surface area is 141 Å². The number of carbonyl (C=O) groups excluding carboxylic acids is 1. The minimum absolute atomic E-state index is 0.0171. The van der Waals surface area contributed by atoms with Gasteiger partial charge in [0.05, 0.1) is 36.5 Å². The van der Waals surface area contributed by atoms with E-state index in [4.69, 9.17) is 21.1 Å². The normalized spacial score (nSPS) is 23.5. The number of nitrogens with zero attached hydrogens (tertiary/aromatic N) is 3. The fraction of sp³-hybridized carbons (Fsp3) is 0.625. The molecular weight excluding hydrogens is 318 g/mol. The summed E-state index contributed by atoms with van der Waals surface area (Å²) < 4.78 is 11.2. The van der Waals surface area contributed by atoms with Crippen LogP contribution in [0.2, 0.25) is 5.02 Å². The number of carbonyl (C=O) groups is 1. The summed E-state index contributed by atoms with van der Waals surface area (Å²) in [6, 6.07) is 1.68. The average Bonchev–Trinajstić information content (AvgIpc) is 2.81. The van der Waals surface area contributed by atoms with Crippen LogP contribution >= 0.6 is 11.6 Å². The highest BCUT2D eigenvalue weighted by atomic mass is 35.5. The molecule has 1 aromatic heterocycles. The van der Waals surface area contributed by atoms with Crippen molar-refractivity contribution in [1.29, 1.82) is 0 Å². The molecule has 1 atom stereocenters. The first-order valence-corrected chi connectivity index (χ1v) is 8.42. The van der Waals surface area contributed by atoms with E-state index < -0.39 is 0 Å². The van der Waals surface area contributed by atoms with Crippen LogP contribution in [0.1, 0.15) is 16.8 Å². The smallest absolute Gasteiger partial charge is 0.255 e. The Kier molecular flexibility index (Phi) is 5.83. The van der Waals surface area contributed by atoms with Gasteiger partial charge >= 0.3 is 0 Å². The average molecular weight is 340 g/mol. The molecule has 23 heavy (non-hydrogen) atoms. The van der Waals surface area contributed by atoms with E-state index in [1.807, 2.05) is 4.90 Å². The molecule has 3 heterocycles. The Bertz CT molecular complexity index is 537. The second-order valence-corrected chi connectivity index (χ2v) is 6.28. The van der Waals surface area contributed by atoms with Crippen LogP contribution < -0.4 is 0 Å². The summed E-state index contributed by atoms with van der Waals surface area (Å²) >= 11 is 6.09. The highest BCUT2D eigenvalue weighted by Crippen LogP contribution is 2.17. The zero-order chi connectivity index (χ0) is 16.1. The van der Waals surface area contributed by atoms with E-state index in [-0.39, 0.29) is 12.0 Å². The fourth-order valence-corrected chi connectivity index (χ4v) is 3.21. The van der Waals surface area contributed by atoms with Crippen LogP contribution in [0, 0.1) is 0 Å². The highest BCUT2D eigenvalue weighted by Gasteiger charge is 2.24. The number of amides is 1. The SMILES string of the molecule is O=C(c1ccncc1Cl)N1CCCN(CC2COCCO2)CC1. The first kappa shape index (κ1) is 16.6. The molecule has 0 saturated carbocycles. The van der Waals surface area contributed by atoms with Gasteiger partial charge in [0.2, 0.25) is 0 Å². The number of hydrogen-bond donors (Lipinski definition) is 0. The molecule has 1 amide bonds. The monoisotopic (exact) mass is 339 g/mol. The maximum absolute atomic E-state index is 12.6. The number of aromatic nitrogens is 1. The summed E-state index contributed by atoms with van der Waals surface area (Å²) in [6.45, 7) is 6.13. The predicted octanol–water partition coefficient (Wildman–Crippen LogP) is 1.30. The van der Waals surface area contributed by atoms with E-state index in [9.17, 15) is 4.79 Å². The molecule has 7 heteroatoms. The van der Waals surface area contributed by atoms with Crippen molar-refractivity contribution in [1.82, 2.24) is 14.8 Å². The van der Waals surface area contributed by atoms with Gasteiger partial charge in [0.25, 0.3) is 5.91 Å². The van der Waals surface area contributed by atoms with Gasteiger partial charge in [-0.25, -0.2) is 0 Å². The highest BCUT2D eigenvalue weighted by molar-refractivity contribution is 6.33. The molecule has 126 valence electrons. The number of pyridine rings is 1. The molecule has 2 aliphatic heterocycles. The number of halogens is 1. The van der Waals surface area contributed by atoms with Gasteiger partial charge in [-0.3, -0.25) is 14.7 Å². The summed E-state index contributed by atoms with van der Waals surface area (Å²) in [5.41, 5.74) is 0.527. The van der Waals surface area contributed by atoms with E-state index >= 15 is 0 Å². The van der Waals surface area contributed by atoms with Gasteiger partial charge in [-0.05, 0) is 19.0 Å². The quantitative estimate of drug-likeness (QED) is 0.831. The fourth-order valence-electron chi connectivity index (χ4n) is 3.01. The molecular formula is C16H22ClN3O3. The number of ether oxygens (including phenoxy) is 2. The van der Waals surface area contributed by atoms with Crippen LogP contribution in [-0.4, -0.2) is 79.3 Å². The van der Waals surface area contributed by atoms with Crippen LogP contribution in [-0.2, 0) is 9.47 Å². The van der Waals surface area contributed by atoms with E-state index in [1.54, 1.807) is 12.3 Å². The van der Waals surface area contributed by atoms with Gasteiger partial charge in [0.1, 0.15) is 0 Å². The van der Waals surface area contributed by atoms with E-state index in [1.165, 1.54) is 6.20 Å². The van der Waals surface area contributed by atoms with Crippen molar-refractivity contribution < 1.29 is 14.3 Å². The molecule has 0 radical (unpaired) electrons. The third-order valence-electron chi connectivity index (χ3n) is 4.23. The van der Waals surface area contributed by atoms with Crippen molar-refractivity contribution in [2.75, 3.05) is 52.5 Å². The molecule has 1 unspecified atom stereocenters. The van der Waals surface area contributed by atoms with Crippen molar-refractivity contribution in [3.8, 4) is 0 Å². The minimum atomic E-state index is -0.0171. The van der Waals surface area contributed by atoms with E-state index in [0.29, 0.717) is 37.0 Å². The molecule has 2 fully saturated rings. The second-order valence-electron chi connectivity index (χ2n) is 5.87. The lowest BCUT2D eigenvalue weighted by Gasteiger charge is -2.29. The summed E-state index contributed by atoms with van der Waals surface area (Å²) in [4.78, 5) is 20.8. The van der Waals surface area contributed by atoms with Gasteiger partial charge in [-0.1, -0.05) is 11.6 Å². The third kappa shape index (κ3) is 4.41. The molecule has 0 bridgehead atoms. The maximum Gasteiger partial charge on any atom is 0.255 e. The molecule has 0 aliphatic carbocycles. The van der Waals surface area contributed by atoms with Gasteiger partial charge in [0, 0.05) is 38.6 Å². The third-order valence-corrected chi connectivity index (χ3v) is 4.53. The zero-order valence-corrected chi connectivity index (χ0v) is 13.9. The second kappa shape index (κ2) is 8.06. The first-order valence-electron chi connectivity index (χ1n) is 8.04. The predicted molar refractivity (Wildman–Crippen MR) is 86.8 cm³/mol. The lowest BCUT2D eigenvalue weighted by molar-refractivity contribution is -0.0971. The largest absolute Gasteiger partial charge is 0.376 e. The number of hydrogen-bond acceptors (Lipinski definition) is 5. The molecule has 2 saturated heterocycles. The number of rotatable bonds is 3. The lowest BCUT2D eigenvalue weighted by atomic mass is 10.2. The Hall–Kier alpha value is -1.21. The van der Waals surface area contributed by atoms with Crippen molar-refractivity contribution in [2.45, 2.75) is 12.5 Å². The molecule has 6 nitrogen and oxygen atoms in total. The molecule has 0 spiro atoms. The van der Waals surface area contributed by atoms with Crippen LogP contribution in [0.25, 0.3) is 0 Å². The van der Waals surface area contributed by atoms with Crippen LogP contribution in [0.4, 0.5) is 0 Å². The van der Waals surface area contributed by atoms with Gasteiger partial charge in [-0.2, -0.15) is 0 Å². The molecule has 1 aromatic rings. The van der Waals surface area contributed by atoms with Crippen LogP contribution in [0.15, 0.2) is 18.5 Å². The van der Waals surface area contributed by atoms with Crippen LogP contribution in [0.5, 0.6) is 0 Å². The van der Waals surface area contributed by atoms with Crippen molar-refractivity contribution in [3.63, 3.8) is 0 Å². The topological polar surface area (TPSA) is 54.9 Å². The first-order chi connectivity index (χ1) is 11.2. The lowest BCUT2D eigenvalue weighted by Crippen LogP contribution is -2.42. The van der Waals surface area contributed by atoms with Crippen LogP contribution in [0.3, 0.4) is 0 Å². The van der Waals surface area contributed by atoms with Crippen molar-refractivity contribution in [2.24, 2.45) is 0 Å². The summed E-state index contributed by atoms with van der Waals surface area (Å²) in [6.07, 6.45) is 4.20. The Balaban J connectivity index is 1.55. The molecule has 0 N–H and O–H groups in total. The molecule has 3 rings (SSSR count). The zero-order valence-electron chi connectivity index (χ0n) is 13.1. The van der Waals surface area contributed by atoms with Crippen molar-refractivity contribution in [3.05, 3.63) is 29.0 Å².